The fraction of sp³-hybridized carbons (Fsp3) is 0.462. The second-order valence-corrected chi connectivity index (χ2v) is 7.14. The van der Waals surface area contributed by atoms with Crippen molar-refractivity contribution in [3.05, 3.63) is 27.3 Å². The molecule has 0 aliphatic heterocycles. The van der Waals surface area contributed by atoms with Crippen LogP contribution in [-0.4, -0.2) is 21.6 Å². The molecule has 1 aromatic heterocycles. The highest BCUT2D eigenvalue weighted by Crippen LogP contribution is 2.27. The summed E-state index contributed by atoms with van der Waals surface area (Å²) in [7, 11) is 0. The number of alkyl halides is 1. The van der Waals surface area contributed by atoms with Crippen molar-refractivity contribution < 1.29 is 4.39 Å². The first kappa shape index (κ1) is 15.4. The number of imidazole rings is 1. The van der Waals surface area contributed by atoms with E-state index in [0.717, 1.165) is 35.6 Å². The van der Waals surface area contributed by atoms with Gasteiger partial charge in [0.05, 0.1) is 20.0 Å². The number of hydrogen-bond acceptors (Lipinski definition) is 2. The summed E-state index contributed by atoms with van der Waals surface area (Å²) in [5.41, 5.74) is 1.65. The van der Waals surface area contributed by atoms with E-state index in [1.807, 2.05) is 34.1 Å². The average molecular weight is 413 g/mol. The van der Waals surface area contributed by atoms with Crippen LogP contribution in [0.3, 0.4) is 0 Å². The molecule has 2 nitrogen and oxygen atoms in total. The van der Waals surface area contributed by atoms with Crippen molar-refractivity contribution >= 4 is 57.0 Å². The Labute approximate surface area is 135 Å². The molecule has 0 aliphatic carbocycles. The second kappa shape index (κ2) is 6.63. The third-order valence-corrected chi connectivity index (χ3v) is 4.62. The van der Waals surface area contributed by atoms with E-state index < -0.39 is 0 Å². The van der Waals surface area contributed by atoms with Gasteiger partial charge in [0.1, 0.15) is 11.6 Å². The van der Waals surface area contributed by atoms with E-state index in [1.165, 1.54) is 0 Å². The van der Waals surface area contributed by atoms with Gasteiger partial charge in [-0.2, -0.15) is 11.8 Å². The Kier molecular flexibility index (Phi) is 5.37. The van der Waals surface area contributed by atoms with Crippen molar-refractivity contribution in [3.8, 4) is 0 Å². The van der Waals surface area contributed by atoms with Gasteiger partial charge in [-0.3, -0.25) is 0 Å². The van der Waals surface area contributed by atoms with E-state index in [-0.39, 0.29) is 11.2 Å². The third-order valence-electron chi connectivity index (χ3n) is 2.91. The molecule has 104 valence electrons. The predicted octanol–water partition coefficient (Wildman–Crippen LogP) is 4.83. The normalized spacial score (nSPS) is 13.1. The minimum atomic E-state index is -0.201. The SMILES string of the molecule is CSCCCn1c(C(C)Cl)nc2cc(I)c(F)cc21. The molecule has 0 fully saturated rings. The van der Waals surface area contributed by atoms with Crippen LogP contribution in [0.5, 0.6) is 0 Å². The molecule has 19 heavy (non-hydrogen) atoms. The van der Waals surface area contributed by atoms with Gasteiger partial charge in [0.25, 0.3) is 0 Å². The molecule has 0 aliphatic rings. The van der Waals surface area contributed by atoms with Crippen LogP contribution in [-0.2, 0) is 6.54 Å². The second-order valence-electron chi connectivity index (χ2n) is 4.34. The molecule has 0 amide bonds. The first-order valence-corrected chi connectivity index (χ1v) is 8.93. The molecular formula is C13H15ClFIN2S. The Hall–Kier alpha value is -0.0100. The molecule has 0 bridgehead atoms. The lowest BCUT2D eigenvalue weighted by Gasteiger charge is -2.10. The van der Waals surface area contributed by atoms with Crippen molar-refractivity contribution in [3.63, 3.8) is 0 Å². The van der Waals surface area contributed by atoms with Gasteiger partial charge in [0, 0.05) is 12.6 Å². The van der Waals surface area contributed by atoms with Crippen LogP contribution in [0.1, 0.15) is 24.5 Å². The molecule has 0 saturated carbocycles. The van der Waals surface area contributed by atoms with Crippen molar-refractivity contribution in [1.29, 1.82) is 0 Å². The zero-order valence-electron chi connectivity index (χ0n) is 10.8. The standard InChI is InChI=1S/C13H15ClFIN2S/c1-8(14)13-17-11-7-10(16)9(15)6-12(11)18(13)4-3-5-19-2/h6-8H,3-5H2,1-2H3. The third kappa shape index (κ3) is 3.36. The van der Waals surface area contributed by atoms with Crippen LogP contribution >= 0.6 is 46.0 Å². The number of thioether (sulfide) groups is 1. The molecular weight excluding hydrogens is 398 g/mol. The molecule has 1 aromatic carbocycles. The lowest BCUT2D eigenvalue weighted by atomic mass is 10.3. The molecule has 0 radical (unpaired) electrons. The number of rotatable bonds is 5. The number of aryl methyl sites for hydroxylation is 1. The maximum Gasteiger partial charge on any atom is 0.138 e. The fourth-order valence-corrected chi connectivity index (χ4v) is 3.08. The Bertz CT molecular complexity index is 586. The Balaban J connectivity index is 2.49. The largest absolute Gasteiger partial charge is 0.327 e. The van der Waals surface area contributed by atoms with Gasteiger partial charge in [-0.15, -0.1) is 11.6 Å². The highest BCUT2D eigenvalue weighted by atomic mass is 127. The molecule has 1 atom stereocenters. The zero-order chi connectivity index (χ0) is 14.0. The summed E-state index contributed by atoms with van der Waals surface area (Å²) in [4.78, 5) is 4.55. The van der Waals surface area contributed by atoms with Gasteiger partial charge in [0.15, 0.2) is 0 Å². The predicted molar refractivity (Wildman–Crippen MR) is 89.7 cm³/mol. The van der Waals surface area contributed by atoms with E-state index >= 15 is 0 Å². The van der Waals surface area contributed by atoms with Gasteiger partial charge in [-0.05, 0) is 54.0 Å². The summed E-state index contributed by atoms with van der Waals surface area (Å²) in [6.07, 6.45) is 3.11. The van der Waals surface area contributed by atoms with Crippen molar-refractivity contribution in [2.75, 3.05) is 12.0 Å². The van der Waals surface area contributed by atoms with E-state index in [4.69, 9.17) is 11.6 Å². The molecule has 1 heterocycles. The first-order valence-electron chi connectivity index (χ1n) is 6.02. The van der Waals surface area contributed by atoms with E-state index in [0.29, 0.717) is 3.57 Å². The van der Waals surface area contributed by atoms with Crippen molar-refractivity contribution in [1.82, 2.24) is 9.55 Å². The Morgan fingerprint density at radius 2 is 2.26 bits per heavy atom. The van der Waals surface area contributed by atoms with Crippen molar-refractivity contribution in [2.45, 2.75) is 25.3 Å². The molecule has 2 aromatic rings. The topological polar surface area (TPSA) is 17.8 Å². The molecule has 2 rings (SSSR count). The zero-order valence-corrected chi connectivity index (χ0v) is 14.5. The van der Waals surface area contributed by atoms with E-state index in [9.17, 15) is 4.39 Å². The van der Waals surface area contributed by atoms with Gasteiger partial charge < -0.3 is 4.57 Å². The fourth-order valence-electron chi connectivity index (χ4n) is 2.04. The minimum absolute atomic E-state index is 0.178. The average Bonchev–Trinajstić information content (AvgIpc) is 2.69. The van der Waals surface area contributed by atoms with Crippen LogP contribution in [0.4, 0.5) is 4.39 Å². The molecule has 0 N–H and O–H groups in total. The first-order chi connectivity index (χ1) is 9.04. The summed E-state index contributed by atoms with van der Waals surface area (Å²) in [5, 5.41) is -0.178. The number of aromatic nitrogens is 2. The summed E-state index contributed by atoms with van der Waals surface area (Å²) >= 11 is 9.98. The van der Waals surface area contributed by atoms with Crippen LogP contribution in [0.2, 0.25) is 0 Å². The summed E-state index contributed by atoms with van der Waals surface area (Å²) < 4.78 is 16.4. The lowest BCUT2D eigenvalue weighted by Crippen LogP contribution is -2.05. The van der Waals surface area contributed by atoms with Crippen LogP contribution in [0, 0.1) is 9.39 Å². The molecule has 6 heteroatoms. The van der Waals surface area contributed by atoms with Crippen LogP contribution in [0.25, 0.3) is 11.0 Å². The van der Waals surface area contributed by atoms with Gasteiger partial charge in [-0.1, -0.05) is 0 Å². The van der Waals surface area contributed by atoms with Gasteiger partial charge in [0.2, 0.25) is 0 Å². The highest BCUT2D eigenvalue weighted by molar-refractivity contribution is 14.1. The Morgan fingerprint density at radius 3 is 2.89 bits per heavy atom. The number of fused-ring (bicyclic) bond motifs is 1. The number of hydrogen-bond donors (Lipinski definition) is 0. The van der Waals surface area contributed by atoms with E-state index in [2.05, 4.69) is 11.2 Å². The molecule has 0 saturated heterocycles. The summed E-state index contributed by atoms with van der Waals surface area (Å²) in [6.45, 7) is 2.72. The minimum Gasteiger partial charge on any atom is -0.327 e. The van der Waals surface area contributed by atoms with Crippen LogP contribution in [0.15, 0.2) is 12.1 Å². The van der Waals surface area contributed by atoms with Crippen molar-refractivity contribution in [2.24, 2.45) is 0 Å². The molecule has 1 unspecified atom stereocenters. The van der Waals surface area contributed by atoms with Crippen LogP contribution < -0.4 is 0 Å². The maximum atomic E-state index is 13.7. The lowest BCUT2D eigenvalue weighted by molar-refractivity contribution is 0.618. The highest BCUT2D eigenvalue weighted by Gasteiger charge is 2.16. The Morgan fingerprint density at radius 1 is 1.53 bits per heavy atom. The number of halogens is 3. The summed E-state index contributed by atoms with van der Waals surface area (Å²) in [6, 6.07) is 3.34. The van der Waals surface area contributed by atoms with Gasteiger partial charge in [-0.25, -0.2) is 9.37 Å². The monoisotopic (exact) mass is 412 g/mol. The number of benzene rings is 1. The molecule has 0 spiro atoms. The van der Waals surface area contributed by atoms with E-state index in [1.54, 1.807) is 23.9 Å². The summed E-state index contributed by atoms with van der Waals surface area (Å²) in [5.74, 6) is 1.69. The quantitative estimate of drug-likeness (QED) is 0.397. The maximum absolute atomic E-state index is 13.7. The van der Waals surface area contributed by atoms with Gasteiger partial charge >= 0.3 is 0 Å². The number of nitrogens with zero attached hydrogens (tertiary/aromatic N) is 2. The smallest absolute Gasteiger partial charge is 0.138 e.